The van der Waals surface area contributed by atoms with Crippen molar-refractivity contribution in [1.82, 2.24) is 0 Å². The molecule has 0 saturated heterocycles. The fourth-order valence-electron chi connectivity index (χ4n) is 9.79. The molecule has 0 radical (unpaired) electrons. The zero-order chi connectivity index (χ0) is 34.9. The van der Waals surface area contributed by atoms with Crippen LogP contribution in [0.4, 0.5) is 0 Å². The number of rotatable bonds is 4. The third-order valence-electron chi connectivity index (χ3n) is 12.0. The maximum Gasteiger partial charge on any atom is 0.143 e. The molecule has 1 aliphatic rings. The third kappa shape index (κ3) is 4.70. The van der Waals surface area contributed by atoms with E-state index in [1.54, 1.807) is 5.56 Å². The highest BCUT2D eigenvalue weighted by Crippen LogP contribution is 2.49. The van der Waals surface area contributed by atoms with Gasteiger partial charge in [-0.05, 0) is 102 Å². The van der Waals surface area contributed by atoms with Crippen molar-refractivity contribution >= 4 is 65.0 Å². The van der Waals surface area contributed by atoms with Crippen LogP contribution in [0.5, 0.6) is 0 Å². The van der Waals surface area contributed by atoms with Crippen molar-refractivity contribution in [3.63, 3.8) is 0 Å². The second kappa shape index (κ2) is 12.2. The highest BCUT2D eigenvalue weighted by atomic mass is 16.3. The van der Waals surface area contributed by atoms with E-state index in [-0.39, 0.29) is 0 Å². The summed E-state index contributed by atoms with van der Waals surface area (Å²) < 4.78 is 7.06. The predicted molar refractivity (Wildman–Crippen MR) is 226 cm³/mol. The topological polar surface area (TPSA) is 13.1 Å². The maximum absolute atomic E-state index is 7.06. The van der Waals surface area contributed by atoms with Crippen molar-refractivity contribution in [1.29, 1.82) is 0 Å². The summed E-state index contributed by atoms with van der Waals surface area (Å²) in [7, 11) is 0. The molecule has 10 aromatic rings. The lowest BCUT2D eigenvalue weighted by Crippen LogP contribution is -2.06. The van der Waals surface area contributed by atoms with E-state index in [1.807, 2.05) is 0 Å². The Labute approximate surface area is 309 Å². The second-order valence-corrected chi connectivity index (χ2v) is 14.9. The van der Waals surface area contributed by atoms with Crippen LogP contribution in [-0.2, 0) is 0 Å². The van der Waals surface area contributed by atoms with Crippen LogP contribution in [0.3, 0.4) is 0 Å². The standard InChI is InChI=1S/C52H38O/c1-3-16-33(17-4-1)48-37-20-7-9-22-39(37)50(40-23-10-8-21-38(40)48)35-30-31-36-45-28-15-29-46(52(45)53-47(36)32-35)51-43-26-13-11-24-41(43)49(34-18-5-2-6-19-34)42-25-12-14-27-44(42)51/h2,5-15,18-33H,1,3-4,16-17H2. The molecule has 1 saturated carbocycles. The molecule has 0 atom stereocenters. The highest BCUT2D eigenvalue weighted by molar-refractivity contribution is 6.24. The lowest BCUT2D eigenvalue weighted by molar-refractivity contribution is 0.447. The molecule has 53 heavy (non-hydrogen) atoms. The molecule has 1 heteroatoms. The molecule has 1 fully saturated rings. The molecular weight excluding hydrogens is 641 g/mol. The van der Waals surface area contributed by atoms with Gasteiger partial charge in [-0.2, -0.15) is 0 Å². The molecule has 11 rings (SSSR count). The van der Waals surface area contributed by atoms with Crippen molar-refractivity contribution in [2.45, 2.75) is 38.0 Å². The first-order chi connectivity index (χ1) is 26.3. The Morgan fingerprint density at radius 2 is 0.849 bits per heavy atom. The Morgan fingerprint density at radius 1 is 0.358 bits per heavy atom. The van der Waals surface area contributed by atoms with Crippen LogP contribution in [0.2, 0.25) is 0 Å². The third-order valence-corrected chi connectivity index (χ3v) is 12.0. The molecule has 1 heterocycles. The maximum atomic E-state index is 7.06. The molecule has 0 aliphatic heterocycles. The molecule has 0 N–H and O–H groups in total. The molecule has 252 valence electrons. The van der Waals surface area contributed by atoms with E-state index in [4.69, 9.17) is 4.42 Å². The van der Waals surface area contributed by atoms with Crippen LogP contribution in [-0.4, -0.2) is 0 Å². The quantitative estimate of drug-likeness (QED) is 0.169. The Hall–Kier alpha value is -6.18. The first kappa shape index (κ1) is 30.4. The number of furan rings is 1. The van der Waals surface area contributed by atoms with Crippen molar-refractivity contribution in [2.75, 3.05) is 0 Å². The van der Waals surface area contributed by atoms with Gasteiger partial charge in [0.15, 0.2) is 0 Å². The summed E-state index contributed by atoms with van der Waals surface area (Å²) in [5.74, 6) is 0.609. The fourth-order valence-corrected chi connectivity index (χ4v) is 9.79. The first-order valence-corrected chi connectivity index (χ1v) is 19.2. The Bertz CT molecular complexity index is 2920. The van der Waals surface area contributed by atoms with Crippen molar-refractivity contribution in [3.05, 3.63) is 169 Å². The largest absolute Gasteiger partial charge is 0.455 e. The monoisotopic (exact) mass is 678 g/mol. The number of para-hydroxylation sites is 1. The zero-order valence-electron chi connectivity index (χ0n) is 29.6. The van der Waals surface area contributed by atoms with Crippen LogP contribution in [0.15, 0.2) is 168 Å². The van der Waals surface area contributed by atoms with E-state index < -0.39 is 0 Å². The summed E-state index contributed by atoms with van der Waals surface area (Å²) in [6.07, 6.45) is 6.56. The van der Waals surface area contributed by atoms with Gasteiger partial charge in [0, 0.05) is 21.9 Å². The first-order valence-electron chi connectivity index (χ1n) is 19.2. The summed E-state index contributed by atoms with van der Waals surface area (Å²) in [5.41, 5.74) is 10.7. The molecule has 0 bridgehead atoms. The minimum atomic E-state index is 0.609. The summed E-state index contributed by atoms with van der Waals surface area (Å²) in [5, 5.41) is 12.7. The minimum Gasteiger partial charge on any atom is -0.455 e. The van der Waals surface area contributed by atoms with Crippen molar-refractivity contribution in [3.8, 4) is 33.4 Å². The SMILES string of the molecule is c1ccc(-c2c3ccccc3c(-c3cccc4c3oc3cc(-c5c6ccccc6c(C6CCCCC6)c6ccccc56)ccc34)c3ccccc23)cc1. The van der Waals surface area contributed by atoms with E-state index in [2.05, 4.69) is 164 Å². The van der Waals surface area contributed by atoms with E-state index in [0.717, 1.165) is 27.5 Å². The molecule has 9 aromatic carbocycles. The van der Waals surface area contributed by atoms with Crippen LogP contribution in [0.1, 0.15) is 43.6 Å². The molecular formula is C52H38O. The smallest absolute Gasteiger partial charge is 0.143 e. The van der Waals surface area contributed by atoms with Crippen LogP contribution in [0, 0.1) is 0 Å². The van der Waals surface area contributed by atoms with E-state index >= 15 is 0 Å². The summed E-state index contributed by atoms with van der Waals surface area (Å²) >= 11 is 0. The predicted octanol–water partition coefficient (Wildman–Crippen LogP) is 15.2. The number of benzene rings is 9. The normalized spacial score (nSPS) is 14.0. The molecule has 0 amide bonds. The van der Waals surface area contributed by atoms with Gasteiger partial charge in [-0.15, -0.1) is 0 Å². The molecule has 1 aromatic heterocycles. The summed E-state index contributed by atoms with van der Waals surface area (Å²) in [6.45, 7) is 0. The Morgan fingerprint density at radius 3 is 1.45 bits per heavy atom. The van der Waals surface area contributed by atoms with Crippen molar-refractivity contribution in [2.24, 2.45) is 0 Å². The van der Waals surface area contributed by atoms with Gasteiger partial charge >= 0.3 is 0 Å². The van der Waals surface area contributed by atoms with Crippen LogP contribution in [0.25, 0.3) is 98.4 Å². The average Bonchev–Trinajstić information content (AvgIpc) is 3.61. The second-order valence-electron chi connectivity index (χ2n) is 14.9. The Kier molecular flexibility index (Phi) is 7.01. The van der Waals surface area contributed by atoms with Crippen molar-refractivity contribution < 1.29 is 4.42 Å². The molecule has 0 spiro atoms. The van der Waals surface area contributed by atoms with Gasteiger partial charge in [-0.3, -0.25) is 0 Å². The summed E-state index contributed by atoms with van der Waals surface area (Å²) in [4.78, 5) is 0. The van der Waals surface area contributed by atoms with Gasteiger partial charge in [0.1, 0.15) is 11.2 Å². The van der Waals surface area contributed by atoms with E-state index in [9.17, 15) is 0 Å². The lowest BCUT2D eigenvalue weighted by atomic mass is 9.78. The van der Waals surface area contributed by atoms with Crippen LogP contribution >= 0.6 is 0 Å². The van der Waals surface area contributed by atoms with E-state index in [0.29, 0.717) is 5.92 Å². The average molecular weight is 679 g/mol. The van der Waals surface area contributed by atoms with Gasteiger partial charge < -0.3 is 4.42 Å². The number of hydrogen-bond acceptors (Lipinski definition) is 1. The molecule has 0 unspecified atom stereocenters. The number of fused-ring (bicyclic) bond motifs is 7. The number of hydrogen-bond donors (Lipinski definition) is 0. The lowest BCUT2D eigenvalue weighted by Gasteiger charge is -2.26. The van der Waals surface area contributed by atoms with Gasteiger partial charge in [-0.1, -0.05) is 171 Å². The van der Waals surface area contributed by atoms with Gasteiger partial charge in [0.25, 0.3) is 0 Å². The highest BCUT2D eigenvalue weighted by Gasteiger charge is 2.24. The minimum absolute atomic E-state index is 0.609. The van der Waals surface area contributed by atoms with E-state index in [1.165, 1.54) is 103 Å². The van der Waals surface area contributed by atoms with Crippen LogP contribution < -0.4 is 0 Å². The Balaban J connectivity index is 1.16. The molecule has 1 nitrogen and oxygen atoms in total. The van der Waals surface area contributed by atoms with Gasteiger partial charge in [0.05, 0.1) is 0 Å². The molecule has 1 aliphatic carbocycles. The van der Waals surface area contributed by atoms with Gasteiger partial charge in [0.2, 0.25) is 0 Å². The van der Waals surface area contributed by atoms with Gasteiger partial charge in [-0.25, -0.2) is 0 Å². The zero-order valence-corrected chi connectivity index (χ0v) is 29.6. The summed E-state index contributed by atoms with van der Waals surface area (Å²) in [6, 6.07) is 60.3. The fraction of sp³-hybridized carbons (Fsp3) is 0.115.